The third kappa shape index (κ3) is 4.15. The van der Waals surface area contributed by atoms with E-state index in [9.17, 15) is 4.79 Å². The van der Waals surface area contributed by atoms with Crippen molar-refractivity contribution in [2.24, 2.45) is 0 Å². The van der Waals surface area contributed by atoms with Crippen molar-refractivity contribution >= 4 is 5.97 Å². The van der Waals surface area contributed by atoms with Gasteiger partial charge in [0.25, 0.3) is 0 Å². The number of hydrogen-bond donors (Lipinski definition) is 1. The van der Waals surface area contributed by atoms with Crippen LogP contribution in [0.1, 0.15) is 30.9 Å². The fraction of sp³-hybridized carbons (Fsp3) is 0.385. The lowest BCUT2D eigenvalue weighted by Crippen LogP contribution is -2.14. The molecular weight excluding hydrogens is 218 g/mol. The van der Waals surface area contributed by atoms with Gasteiger partial charge in [-0.1, -0.05) is 6.07 Å². The molecule has 0 spiro atoms. The standard InChI is InChI=1S/C13H15NO3/c1-9-3-5-11(8-14)7-12(9)17-10(2)4-6-13(15)16/h3,5,7,10H,4,6H2,1-2H3,(H,15,16). The Kier molecular flexibility index (Phi) is 4.53. The molecule has 1 aromatic rings. The second-order valence-corrected chi connectivity index (χ2v) is 3.95. The molecule has 90 valence electrons. The predicted molar refractivity (Wildman–Crippen MR) is 62.9 cm³/mol. The first-order valence-corrected chi connectivity index (χ1v) is 5.42. The second kappa shape index (κ2) is 5.90. The van der Waals surface area contributed by atoms with Crippen molar-refractivity contribution in [2.45, 2.75) is 32.8 Å². The minimum atomic E-state index is -0.831. The minimum absolute atomic E-state index is 0.0815. The lowest BCUT2D eigenvalue weighted by Gasteiger charge is -2.15. The van der Waals surface area contributed by atoms with Crippen LogP contribution in [0.25, 0.3) is 0 Å². The zero-order valence-corrected chi connectivity index (χ0v) is 9.93. The number of ether oxygens (including phenoxy) is 1. The molecular formula is C13H15NO3. The monoisotopic (exact) mass is 233 g/mol. The molecule has 4 nitrogen and oxygen atoms in total. The highest BCUT2D eigenvalue weighted by atomic mass is 16.5. The van der Waals surface area contributed by atoms with Crippen LogP contribution in [0.4, 0.5) is 0 Å². The number of carbonyl (C=O) groups is 1. The summed E-state index contributed by atoms with van der Waals surface area (Å²) in [7, 11) is 0. The Morgan fingerprint density at radius 1 is 1.59 bits per heavy atom. The molecule has 1 atom stereocenters. The van der Waals surface area contributed by atoms with Crippen LogP contribution in [0.3, 0.4) is 0 Å². The van der Waals surface area contributed by atoms with Crippen molar-refractivity contribution in [3.8, 4) is 11.8 Å². The number of nitriles is 1. The lowest BCUT2D eigenvalue weighted by atomic mass is 10.1. The number of benzene rings is 1. The third-order valence-corrected chi connectivity index (χ3v) is 2.41. The SMILES string of the molecule is Cc1ccc(C#N)cc1OC(C)CCC(=O)O. The Bertz CT molecular complexity index is 448. The van der Waals surface area contributed by atoms with E-state index in [-0.39, 0.29) is 12.5 Å². The van der Waals surface area contributed by atoms with Gasteiger partial charge in [-0.05, 0) is 38.0 Å². The van der Waals surface area contributed by atoms with Gasteiger partial charge in [0.05, 0.1) is 17.7 Å². The van der Waals surface area contributed by atoms with E-state index >= 15 is 0 Å². The van der Waals surface area contributed by atoms with E-state index < -0.39 is 5.97 Å². The van der Waals surface area contributed by atoms with Crippen molar-refractivity contribution in [1.82, 2.24) is 0 Å². The normalized spacial score (nSPS) is 11.6. The topological polar surface area (TPSA) is 70.3 Å². The molecule has 0 aromatic heterocycles. The highest BCUT2D eigenvalue weighted by molar-refractivity contribution is 5.66. The van der Waals surface area contributed by atoms with Crippen LogP contribution in [0.15, 0.2) is 18.2 Å². The van der Waals surface area contributed by atoms with Gasteiger partial charge in [0, 0.05) is 6.42 Å². The van der Waals surface area contributed by atoms with E-state index in [1.165, 1.54) is 0 Å². The zero-order valence-electron chi connectivity index (χ0n) is 9.93. The van der Waals surface area contributed by atoms with E-state index in [4.69, 9.17) is 15.1 Å². The summed E-state index contributed by atoms with van der Waals surface area (Å²) in [6.45, 7) is 3.71. The van der Waals surface area contributed by atoms with Crippen molar-refractivity contribution in [1.29, 1.82) is 5.26 Å². The van der Waals surface area contributed by atoms with Gasteiger partial charge in [0.2, 0.25) is 0 Å². The van der Waals surface area contributed by atoms with Crippen LogP contribution in [0.5, 0.6) is 5.75 Å². The van der Waals surface area contributed by atoms with Crippen molar-refractivity contribution in [2.75, 3.05) is 0 Å². The molecule has 0 radical (unpaired) electrons. The second-order valence-electron chi connectivity index (χ2n) is 3.95. The molecule has 1 unspecified atom stereocenters. The Morgan fingerprint density at radius 3 is 2.88 bits per heavy atom. The first-order valence-electron chi connectivity index (χ1n) is 5.42. The fourth-order valence-electron chi connectivity index (χ4n) is 1.40. The van der Waals surface area contributed by atoms with Gasteiger partial charge in [-0.3, -0.25) is 4.79 Å². The number of carboxylic acids is 1. The number of carboxylic acid groups (broad SMARTS) is 1. The first kappa shape index (κ1) is 13.0. The zero-order chi connectivity index (χ0) is 12.8. The Balaban J connectivity index is 2.67. The van der Waals surface area contributed by atoms with E-state index in [0.717, 1.165) is 5.56 Å². The van der Waals surface area contributed by atoms with E-state index in [1.54, 1.807) is 12.1 Å². The van der Waals surface area contributed by atoms with Crippen LogP contribution in [0.2, 0.25) is 0 Å². The van der Waals surface area contributed by atoms with Crippen LogP contribution in [-0.2, 0) is 4.79 Å². The third-order valence-electron chi connectivity index (χ3n) is 2.41. The Morgan fingerprint density at radius 2 is 2.29 bits per heavy atom. The predicted octanol–water partition coefficient (Wildman–Crippen LogP) is 2.50. The summed E-state index contributed by atoms with van der Waals surface area (Å²) in [5, 5.41) is 17.3. The molecule has 0 heterocycles. The Labute approximate surface area is 100 Å². The number of rotatable bonds is 5. The van der Waals surface area contributed by atoms with Crippen LogP contribution in [-0.4, -0.2) is 17.2 Å². The maximum Gasteiger partial charge on any atom is 0.303 e. The molecule has 0 bridgehead atoms. The Hall–Kier alpha value is -2.02. The van der Waals surface area contributed by atoms with Gasteiger partial charge in [0.15, 0.2) is 0 Å². The smallest absolute Gasteiger partial charge is 0.303 e. The van der Waals surface area contributed by atoms with E-state index in [1.807, 2.05) is 26.0 Å². The van der Waals surface area contributed by atoms with Crippen LogP contribution >= 0.6 is 0 Å². The van der Waals surface area contributed by atoms with E-state index in [0.29, 0.717) is 17.7 Å². The van der Waals surface area contributed by atoms with Gasteiger partial charge in [-0.2, -0.15) is 5.26 Å². The van der Waals surface area contributed by atoms with E-state index in [2.05, 4.69) is 0 Å². The molecule has 0 aliphatic heterocycles. The average Bonchev–Trinajstić information content (AvgIpc) is 2.29. The number of aliphatic carboxylic acids is 1. The summed E-state index contributed by atoms with van der Waals surface area (Å²) in [5.74, 6) is -0.190. The molecule has 1 rings (SSSR count). The van der Waals surface area contributed by atoms with Crippen molar-refractivity contribution in [3.63, 3.8) is 0 Å². The molecule has 0 fully saturated rings. The molecule has 1 N–H and O–H groups in total. The lowest BCUT2D eigenvalue weighted by molar-refractivity contribution is -0.137. The molecule has 17 heavy (non-hydrogen) atoms. The average molecular weight is 233 g/mol. The summed E-state index contributed by atoms with van der Waals surface area (Å²) in [5.41, 5.74) is 1.47. The summed E-state index contributed by atoms with van der Waals surface area (Å²) in [4.78, 5) is 10.4. The van der Waals surface area contributed by atoms with Crippen molar-refractivity contribution in [3.05, 3.63) is 29.3 Å². The highest BCUT2D eigenvalue weighted by Crippen LogP contribution is 2.21. The summed E-state index contributed by atoms with van der Waals surface area (Å²) in [6.07, 6.45) is 0.350. The maximum atomic E-state index is 10.4. The largest absolute Gasteiger partial charge is 0.490 e. The molecule has 4 heteroatoms. The summed E-state index contributed by atoms with van der Waals surface area (Å²) >= 11 is 0. The molecule has 0 aliphatic rings. The molecule has 0 saturated heterocycles. The fourth-order valence-corrected chi connectivity index (χ4v) is 1.40. The van der Waals surface area contributed by atoms with Gasteiger partial charge in [-0.25, -0.2) is 0 Å². The van der Waals surface area contributed by atoms with Crippen LogP contribution < -0.4 is 4.74 Å². The summed E-state index contributed by atoms with van der Waals surface area (Å²) < 4.78 is 5.62. The van der Waals surface area contributed by atoms with Crippen molar-refractivity contribution < 1.29 is 14.6 Å². The summed E-state index contributed by atoms with van der Waals surface area (Å²) in [6, 6.07) is 7.26. The molecule has 0 saturated carbocycles. The quantitative estimate of drug-likeness (QED) is 0.848. The maximum absolute atomic E-state index is 10.4. The van der Waals surface area contributed by atoms with Crippen LogP contribution in [0, 0.1) is 18.3 Å². The molecule has 1 aromatic carbocycles. The minimum Gasteiger partial charge on any atom is -0.490 e. The molecule has 0 aliphatic carbocycles. The number of nitrogens with zero attached hydrogens (tertiary/aromatic N) is 1. The van der Waals surface area contributed by atoms with Gasteiger partial charge >= 0.3 is 5.97 Å². The number of aryl methyl sites for hydroxylation is 1. The van der Waals surface area contributed by atoms with Gasteiger partial charge < -0.3 is 9.84 Å². The van der Waals surface area contributed by atoms with Gasteiger partial charge in [-0.15, -0.1) is 0 Å². The highest BCUT2D eigenvalue weighted by Gasteiger charge is 2.09. The molecule has 0 amide bonds. The number of hydrogen-bond acceptors (Lipinski definition) is 3. The first-order chi connectivity index (χ1) is 8.02. The van der Waals surface area contributed by atoms with Gasteiger partial charge in [0.1, 0.15) is 5.75 Å².